The number of aromatic nitrogens is 1. The van der Waals surface area contributed by atoms with Gasteiger partial charge in [-0.25, -0.2) is 4.79 Å². The van der Waals surface area contributed by atoms with Crippen molar-refractivity contribution in [3.63, 3.8) is 0 Å². The molecule has 1 amide bonds. The molecule has 0 saturated carbocycles. The van der Waals surface area contributed by atoms with Crippen LogP contribution in [0.3, 0.4) is 0 Å². The first-order chi connectivity index (χ1) is 18.6. The summed E-state index contributed by atoms with van der Waals surface area (Å²) in [7, 11) is 1.58. The second kappa shape index (κ2) is 16.2. The number of rotatable bonds is 14. The number of hydrogen-bond donors (Lipinski definition) is 2. The minimum absolute atomic E-state index is 0. The molecule has 206 valence electrons. The number of nitrogens with one attached hydrogen (secondary N) is 1. The van der Waals surface area contributed by atoms with Crippen molar-refractivity contribution in [2.45, 2.75) is 38.1 Å². The predicted octanol–water partition coefficient (Wildman–Crippen LogP) is 2.86. The quantitative estimate of drug-likeness (QED) is 0.238. The van der Waals surface area contributed by atoms with Crippen molar-refractivity contribution in [1.82, 2.24) is 9.88 Å². The number of aromatic amines is 1. The van der Waals surface area contributed by atoms with Crippen molar-refractivity contribution in [3.05, 3.63) is 69.6 Å². The van der Waals surface area contributed by atoms with Crippen molar-refractivity contribution in [2.24, 2.45) is 0 Å². The number of carbonyl (C=O) groups is 1. The van der Waals surface area contributed by atoms with Crippen LogP contribution in [0.1, 0.15) is 48.5 Å². The number of amides is 1. The minimum atomic E-state index is -0.362. The maximum atomic E-state index is 13.1. The average Bonchev–Trinajstić information content (AvgIpc) is 3.30. The van der Waals surface area contributed by atoms with E-state index in [1.54, 1.807) is 12.0 Å². The van der Waals surface area contributed by atoms with Crippen LogP contribution in [0.4, 0.5) is 4.79 Å². The van der Waals surface area contributed by atoms with Crippen molar-refractivity contribution >= 4 is 28.6 Å². The van der Waals surface area contributed by atoms with Crippen LogP contribution in [0.25, 0.3) is 16.2 Å². The van der Waals surface area contributed by atoms with Crippen LogP contribution in [0.15, 0.2) is 42.5 Å². The molecule has 1 aromatic heterocycles. The number of aliphatic hydroxyl groups excluding tert-OH is 1. The van der Waals surface area contributed by atoms with Gasteiger partial charge in [-0.15, -0.1) is 13.1 Å². The predicted molar refractivity (Wildman–Crippen MR) is 149 cm³/mol. The number of ether oxygens (including phenoxy) is 3. The van der Waals surface area contributed by atoms with Crippen LogP contribution in [0.2, 0.25) is 5.02 Å². The van der Waals surface area contributed by atoms with Crippen LogP contribution in [-0.2, 0) is 15.9 Å². The Hall–Kier alpha value is -2.18. The largest absolute Gasteiger partial charge is 1.00 e. The molecule has 0 saturated heterocycles. The zero-order chi connectivity index (χ0) is 26.7. The van der Waals surface area contributed by atoms with Gasteiger partial charge in [0.05, 0.1) is 13.2 Å². The molecule has 1 aliphatic rings. The van der Waals surface area contributed by atoms with Crippen LogP contribution in [-0.4, -0.2) is 74.3 Å². The van der Waals surface area contributed by atoms with E-state index in [4.69, 9.17) is 30.9 Å². The maximum Gasteiger partial charge on any atom is 1.00 e. The molecule has 3 aromatic rings. The van der Waals surface area contributed by atoms with Crippen LogP contribution in [0, 0.1) is 0 Å². The van der Waals surface area contributed by atoms with Gasteiger partial charge in [0.15, 0.2) is 0 Å². The van der Waals surface area contributed by atoms with Gasteiger partial charge in [-0.05, 0) is 54.3 Å². The Labute approximate surface area is 247 Å². The first-order valence-electron chi connectivity index (χ1n) is 13.3. The topological polar surface area (TPSA) is 98.1 Å². The van der Waals surface area contributed by atoms with Crippen LogP contribution < -0.4 is 23.6 Å². The van der Waals surface area contributed by atoms with E-state index in [2.05, 4.69) is 10.3 Å². The zero-order valence-corrected chi connectivity index (χ0v) is 23.7. The first kappa shape index (κ1) is 31.3. The summed E-state index contributed by atoms with van der Waals surface area (Å²) < 4.78 is 16.5. The van der Waals surface area contributed by atoms with E-state index >= 15 is 0 Å². The summed E-state index contributed by atoms with van der Waals surface area (Å²) in [5, 5.41) is 14.8. The van der Waals surface area contributed by atoms with Crippen molar-refractivity contribution in [3.8, 4) is 5.75 Å². The summed E-state index contributed by atoms with van der Waals surface area (Å²) >= 11 is 6.30. The number of unbranched alkanes of at least 4 members (excludes halogenated alkanes) is 3. The molecule has 39 heavy (non-hydrogen) atoms. The summed E-state index contributed by atoms with van der Waals surface area (Å²) in [5.74, 6) is 0.806. The number of halogens is 1. The fraction of sp³-hybridized carbons (Fsp3) is 0.483. The molecule has 2 heterocycles. The van der Waals surface area contributed by atoms with E-state index in [9.17, 15) is 4.79 Å². The smallest absolute Gasteiger partial charge is 0.660 e. The van der Waals surface area contributed by atoms with E-state index in [0.717, 1.165) is 60.1 Å². The van der Waals surface area contributed by atoms with Gasteiger partial charge in [-0.1, -0.05) is 43.0 Å². The number of H-pyrrole nitrogens is 1. The molecular weight excluding hydrogens is 513 g/mol. The summed E-state index contributed by atoms with van der Waals surface area (Å²) in [6, 6.07) is 13.5. The molecule has 0 aliphatic carbocycles. The summed E-state index contributed by atoms with van der Waals surface area (Å²) in [6.07, 6.45) is 4.56. The molecule has 8 nitrogen and oxygen atoms in total. The van der Waals surface area contributed by atoms with Gasteiger partial charge >= 0.3 is 25.0 Å². The van der Waals surface area contributed by atoms with E-state index in [-0.39, 0.29) is 44.2 Å². The van der Waals surface area contributed by atoms with E-state index in [1.165, 1.54) is 5.56 Å². The first-order valence-corrected chi connectivity index (χ1v) is 13.7. The number of hydrogen-bond acceptors (Lipinski definition) is 5. The molecule has 0 bridgehead atoms. The molecule has 4 rings (SSSR count). The standard InChI is InChI=1S/C29H37ClN3O5.Li/c1-36-18-19-38-29(35)33-15-12-24-25-20-22(30)8-11-26(25)32-27(24)28(33)21-6-9-23(10-7-21)37-17-5-3-2-4-13-31-14-16-34;/h6-11,20,28,32,34H,2-5,12-19H2,1H3;/q-1;+1. The monoisotopic (exact) mass is 549 g/mol. The summed E-state index contributed by atoms with van der Waals surface area (Å²) in [6.45, 7) is 3.22. The molecule has 1 unspecified atom stereocenters. The maximum absolute atomic E-state index is 13.1. The molecule has 0 radical (unpaired) electrons. The summed E-state index contributed by atoms with van der Waals surface area (Å²) in [5.41, 5.74) is 4.14. The number of benzene rings is 2. The fourth-order valence-electron chi connectivity index (χ4n) is 4.90. The number of methoxy groups -OCH3 is 1. The molecular formula is C29H37ClLiN3O5. The number of aliphatic hydroxyl groups is 1. The Balaban J connectivity index is 0.00000420. The van der Waals surface area contributed by atoms with Crippen molar-refractivity contribution < 1.29 is 43.0 Å². The second-order valence-electron chi connectivity index (χ2n) is 9.39. The zero-order valence-electron chi connectivity index (χ0n) is 23.0. The Morgan fingerprint density at radius 3 is 2.64 bits per heavy atom. The molecule has 10 heteroatoms. The molecule has 1 atom stereocenters. The number of nitrogens with zero attached hydrogens (tertiary/aromatic N) is 2. The number of carbonyl (C=O) groups excluding carboxylic acids is 1. The van der Waals surface area contributed by atoms with Gasteiger partial charge in [0.2, 0.25) is 0 Å². The van der Waals surface area contributed by atoms with Crippen LogP contribution in [0.5, 0.6) is 5.75 Å². The van der Waals surface area contributed by atoms with Crippen molar-refractivity contribution in [1.29, 1.82) is 0 Å². The van der Waals surface area contributed by atoms with Gasteiger partial charge in [0.1, 0.15) is 18.4 Å². The Morgan fingerprint density at radius 2 is 1.87 bits per heavy atom. The number of fused-ring (bicyclic) bond motifs is 3. The normalized spacial score (nSPS) is 14.6. The summed E-state index contributed by atoms with van der Waals surface area (Å²) in [4.78, 5) is 18.4. The van der Waals surface area contributed by atoms with E-state index in [0.29, 0.717) is 37.7 Å². The molecule has 1 aliphatic heterocycles. The van der Waals surface area contributed by atoms with E-state index in [1.807, 2.05) is 42.5 Å². The van der Waals surface area contributed by atoms with Gasteiger partial charge < -0.3 is 29.6 Å². The Bertz CT molecular complexity index is 1170. The van der Waals surface area contributed by atoms with Gasteiger partial charge in [-0.3, -0.25) is 4.90 Å². The SMILES string of the molecule is COCCOC(=O)N1CCc2c([nH]c3ccc(Cl)cc23)C1c1ccc(OCCCCCC[N-]CCO)cc1.[Li+]. The third-order valence-electron chi connectivity index (χ3n) is 6.77. The molecule has 0 spiro atoms. The fourth-order valence-corrected chi connectivity index (χ4v) is 5.07. The van der Waals surface area contributed by atoms with Gasteiger partial charge in [0, 0.05) is 41.9 Å². The van der Waals surface area contributed by atoms with E-state index < -0.39 is 0 Å². The molecule has 0 fully saturated rings. The Kier molecular flexibility index (Phi) is 13.0. The van der Waals surface area contributed by atoms with Crippen molar-refractivity contribution in [2.75, 3.05) is 53.2 Å². The Morgan fingerprint density at radius 1 is 1.08 bits per heavy atom. The van der Waals surface area contributed by atoms with Gasteiger partial charge in [0.25, 0.3) is 0 Å². The second-order valence-corrected chi connectivity index (χ2v) is 9.82. The van der Waals surface area contributed by atoms with Crippen LogP contribution >= 0.6 is 11.6 Å². The molecule has 2 aromatic carbocycles. The molecule has 2 N–H and O–H groups in total. The average molecular weight is 550 g/mol. The van der Waals surface area contributed by atoms with Gasteiger partial charge in [-0.2, -0.15) is 0 Å². The third-order valence-corrected chi connectivity index (χ3v) is 7.00. The minimum Gasteiger partial charge on any atom is -0.660 e. The third kappa shape index (κ3) is 8.40.